The second kappa shape index (κ2) is 4.08. The third kappa shape index (κ3) is 2.84. The maximum absolute atomic E-state index is 12.0. The van der Waals surface area contributed by atoms with E-state index in [4.69, 9.17) is 5.11 Å². The zero-order chi connectivity index (χ0) is 11.6. The molecule has 0 bridgehead atoms. The Hall–Kier alpha value is -1.27. The number of hydrogen-bond acceptors (Lipinski definition) is 2. The van der Waals surface area contributed by atoms with Crippen molar-refractivity contribution in [2.24, 2.45) is 5.92 Å². The van der Waals surface area contributed by atoms with Gasteiger partial charge in [-0.15, -0.1) is 0 Å². The summed E-state index contributed by atoms with van der Waals surface area (Å²) in [5.41, 5.74) is 0. The van der Waals surface area contributed by atoms with Gasteiger partial charge in [-0.3, -0.25) is 9.59 Å². The number of piperidine rings is 1. The van der Waals surface area contributed by atoms with E-state index >= 15 is 0 Å². The minimum atomic E-state index is -4.92. The number of likely N-dealkylation sites (tertiary alicyclic amines) is 1. The Bertz CT molecular complexity index is 277. The molecule has 4 nitrogen and oxygen atoms in total. The Labute approximate surface area is 83.7 Å². The first kappa shape index (κ1) is 11.8. The fourth-order valence-electron chi connectivity index (χ4n) is 1.54. The quantitative estimate of drug-likeness (QED) is 0.720. The van der Waals surface area contributed by atoms with Crippen LogP contribution in [0, 0.1) is 5.92 Å². The van der Waals surface area contributed by atoms with Gasteiger partial charge >= 0.3 is 18.1 Å². The van der Waals surface area contributed by atoms with Crippen LogP contribution < -0.4 is 0 Å². The average molecular weight is 225 g/mol. The third-order valence-electron chi connectivity index (χ3n) is 2.30. The fraction of sp³-hybridized carbons (Fsp3) is 0.750. The number of carboxylic acid groups (broad SMARTS) is 1. The number of nitrogens with zero attached hydrogens (tertiary/aromatic N) is 1. The molecular weight excluding hydrogens is 215 g/mol. The Morgan fingerprint density at radius 2 is 1.93 bits per heavy atom. The summed E-state index contributed by atoms with van der Waals surface area (Å²) in [5.74, 6) is -3.99. The molecule has 15 heavy (non-hydrogen) atoms. The van der Waals surface area contributed by atoms with Crippen molar-refractivity contribution in [1.82, 2.24) is 4.90 Å². The van der Waals surface area contributed by atoms with Crippen molar-refractivity contribution in [2.45, 2.75) is 19.0 Å². The standard InChI is InChI=1S/C8H10F3NO3/c9-8(10,11)7(15)12-3-1-2-5(4-12)6(13)14/h5H,1-4H2,(H,13,14)/t5-/m1/s1. The van der Waals surface area contributed by atoms with Crippen molar-refractivity contribution in [3.05, 3.63) is 0 Å². The van der Waals surface area contributed by atoms with E-state index in [0.717, 1.165) is 0 Å². The van der Waals surface area contributed by atoms with Crippen molar-refractivity contribution in [2.75, 3.05) is 13.1 Å². The zero-order valence-corrected chi connectivity index (χ0v) is 7.75. The van der Waals surface area contributed by atoms with Gasteiger partial charge in [0.1, 0.15) is 0 Å². The smallest absolute Gasteiger partial charge is 0.471 e. The number of aliphatic carboxylic acids is 1. The van der Waals surface area contributed by atoms with Crippen LogP contribution >= 0.6 is 0 Å². The van der Waals surface area contributed by atoms with Crippen molar-refractivity contribution in [3.8, 4) is 0 Å². The topological polar surface area (TPSA) is 57.6 Å². The average Bonchev–Trinajstić information content (AvgIpc) is 2.15. The largest absolute Gasteiger partial charge is 0.481 e. The maximum atomic E-state index is 12.0. The molecule has 0 aromatic rings. The number of alkyl halides is 3. The van der Waals surface area contributed by atoms with Gasteiger partial charge in [-0.1, -0.05) is 0 Å². The van der Waals surface area contributed by atoms with Crippen LogP contribution in [-0.4, -0.2) is 41.1 Å². The third-order valence-corrected chi connectivity index (χ3v) is 2.30. The van der Waals surface area contributed by atoms with Crippen molar-refractivity contribution in [3.63, 3.8) is 0 Å². The first-order valence-electron chi connectivity index (χ1n) is 4.41. The molecule has 1 rings (SSSR count). The summed E-state index contributed by atoms with van der Waals surface area (Å²) < 4.78 is 36.1. The normalized spacial score (nSPS) is 22.6. The molecule has 1 aliphatic heterocycles. The SMILES string of the molecule is O=C(O)[C@@H]1CCCN(C(=O)C(F)(F)F)C1. The van der Waals surface area contributed by atoms with E-state index in [-0.39, 0.29) is 13.1 Å². The van der Waals surface area contributed by atoms with Crippen LogP contribution in [0.2, 0.25) is 0 Å². The first-order chi connectivity index (χ1) is 6.82. The molecule has 7 heteroatoms. The molecule has 0 aromatic carbocycles. The van der Waals surface area contributed by atoms with Crippen molar-refractivity contribution < 1.29 is 27.9 Å². The summed E-state index contributed by atoms with van der Waals surface area (Å²) >= 11 is 0. The van der Waals surface area contributed by atoms with Gasteiger partial charge in [-0.2, -0.15) is 13.2 Å². The molecule has 1 heterocycles. The Kier molecular flexibility index (Phi) is 3.21. The summed E-state index contributed by atoms with van der Waals surface area (Å²) in [6.45, 7) is -0.379. The second-order valence-corrected chi connectivity index (χ2v) is 3.43. The number of carboxylic acids is 1. The lowest BCUT2D eigenvalue weighted by atomic mass is 9.98. The Balaban J connectivity index is 2.64. The summed E-state index contributed by atoms with van der Waals surface area (Å²) in [6, 6.07) is 0. The van der Waals surface area contributed by atoms with E-state index in [0.29, 0.717) is 17.7 Å². The lowest BCUT2D eigenvalue weighted by Crippen LogP contribution is -2.47. The highest BCUT2D eigenvalue weighted by molar-refractivity contribution is 5.82. The van der Waals surface area contributed by atoms with Gasteiger partial charge in [0.15, 0.2) is 0 Å². The molecule has 0 aromatic heterocycles. The van der Waals surface area contributed by atoms with Crippen molar-refractivity contribution >= 4 is 11.9 Å². The van der Waals surface area contributed by atoms with E-state index in [2.05, 4.69) is 0 Å². The number of rotatable bonds is 1. The summed E-state index contributed by atoms with van der Waals surface area (Å²) in [6.07, 6.45) is -4.31. The fourth-order valence-corrected chi connectivity index (χ4v) is 1.54. The monoisotopic (exact) mass is 225 g/mol. The van der Waals surface area contributed by atoms with E-state index < -0.39 is 24.0 Å². The molecule has 1 fully saturated rings. The Morgan fingerprint density at radius 3 is 2.40 bits per heavy atom. The van der Waals surface area contributed by atoms with Crippen LogP contribution in [-0.2, 0) is 9.59 Å². The van der Waals surface area contributed by atoms with Gasteiger partial charge in [-0.05, 0) is 12.8 Å². The van der Waals surface area contributed by atoms with Crippen LogP contribution in [0.4, 0.5) is 13.2 Å². The van der Waals surface area contributed by atoms with Gasteiger partial charge in [0.25, 0.3) is 0 Å². The molecule has 1 N–H and O–H groups in total. The van der Waals surface area contributed by atoms with Gasteiger partial charge in [0.05, 0.1) is 5.92 Å². The molecule has 1 atom stereocenters. The lowest BCUT2D eigenvalue weighted by molar-refractivity contribution is -0.187. The molecule has 1 amide bonds. The van der Waals surface area contributed by atoms with Gasteiger partial charge < -0.3 is 10.0 Å². The molecule has 1 aliphatic rings. The highest BCUT2D eigenvalue weighted by Gasteiger charge is 2.44. The second-order valence-electron chi connectivity index (χ2n) is 3.43. The molecule has 0 radical (unpaired) electrons. The molecular formula is C8H10F3NO3. The zero-order valence-electron chi connectivity index (χ0n) is 7.75. The van der Waals surface area contributed by atoms with Gasteiger partial charge in [-0.25, -0.2) is 0 Å². The van der Waals surface area contributed by atoms with E-state index in [1.807, 2.05) is 0 Å². The lowest BCUT2D eigenvalue weighted by Gasteiger charge is -2.31. The van der Waals surface area contributed by atoms with Crippen molar-refractivity contribution in [1.29, 1.82) is 0 Å². The predicted octanol–water partition coefficient (Wildman–Crippen LogP) is 0.872. The number of amides is 1. The van der Waals surface area contributed by atoms with Gasteiger partial charge in [0, 0.05) is 13.1 Å². The molecule has 1 saturated heterocycles. The highest BCUT2D eigenvalue weighted by atomic mass is 19.4. The van der Waals surface area contributed by atoms with Crippen LogP contribution in [0.5, 0.6) is 0 Å². The predicted molar refractivity (Wildman–Crippen MR) is 43.0 cm³/mol. The van der Waals surface area contributed by atoms with Crippen LogP contribution in [0.15, 0.2) is 0 Å². The minimum Gasteiger partial charge on any atom is -0.481 e. The van der Waals surface area contributed by atoms with Crippen LogP contribution in [0.3, 0.4) is 0 Å². The summed E-state index contributed by atoms with van der Waals surface area (Å²) in [5, 5.41) is 8.62. The Morgan fingerprint density at radius 1 is 1.33 bits per heavy atom. The van der Waals surface area contributed by atoms with Crippen LogP contribution in [0.25, 0.3) is 0 Å². The van der Waals surface area contributed by atoms with E-state index in [1.54, 1.807) is 0 Å². The number of carbonyl (C=O) groups is 2. The summed E-state index contributed by atoms with van der Waals surface area (Å²) in [4.78, 5) is 21.9. The number of halogens is 3. The maximum Gasteiger partial charge on any atom is 0.471 e. The molecule has 0 unspecified atom stereocenters. The van der Waals surface area contributed by atoms with Gasteiger partial charge in [0.2, 0.25) is 0 Å². The number of hydrogen-bond donors (Lipinski definition) is 1. The number of carbonyl (C=O) groups excluding carboxylic acids is 1. The molecule has 0 spiro atoms. The van der Waals surface area contributed by atoms with E-state index in [1.165, 1.54) is 0 Å². The minimum absolute atomic E-state index is 0.0257. The molecule has 86 valence electrons. The van der Waals surface area contributed by atoms with Crippen LogP contribution in [0.1, 0.15) is 12.8 Å². The molecule has 0 saturated carbocycles. The summed E-state index contributed by atoms with van der Waals surface area (Å²) in [7, 11) is 0. The van der Waals surface area contributed by atoms with E-state index in [9.17, 15) is 22.8 Å². The first-order valence-corrected chi connectivity index (χ1v) is 4.41. The molecule has 0 aliphatic carbocycles. The highest BCUT2D eigenvalue weighted by Crippen LogP contribution is 2.23.